The predicted octanol–water partition coefficient (Wildman–Crippen LogP) is 0.370. The highest BCUT2D eigenvalue weighted by Gasteiger charge is 2.19. The number of amides is 2. The normalized spacial score (nSPS) is 10.3. The number of nitrogens with zero attached hydrogens (tertiary/aromatic N) is 1. The van der Waals surface area contributed by atoms with E-state index in [0.29, 0.717) is 11.4 Å². The van der Waals surface area contributed by atoms with Crippen LogP contribution in [-0.2, 0) is 9.59 Å². The Morgan fingerprint density at radius 2 is 1.84 bits per heavy atom. The number of carbonyl (C=O) groups is 2. The van der Waals surface area contributed by atoms with Gasteiger partial charge in [0.15, 0.2) is 6.61 Å². The van der Waals surface area contributed by atoms with Crippen LogP contribution in [0.1, 0.15) is 13.8 Å². The number of carbonyl (C=O) groups excluding carboxylic acids is 2. The summed E-state index contributed by atoms with van der Waals surface area (Å²) in [5.41, 5.74) is 11.3. The third kappa shape index (κ3) is 4.87. The van der Waals surface area contributed by atoms with Crippen LogP contribution in [0.4, 0.5) is 5.69 Å². The van der Waals surface area contributed by atoms with Gasteiger partial charge in [0.2, 0.25) is 5.91 Å². The maximum atomic E-state index is 11.9. The van der Waals surface area contributed by atoms with Gasteiger partial charge in [0, 0.05) is 11.7 Å². The number of hydrogen-bond donors (Lipinski definition) is 2. The highest BCUT2D eigenvalue weighted by molar-refractivity contribution is 5.84. The summed E-state index contributed by atoms with van der Waals surface area (Å²) >= 11 is 0. The number of nitrogens with two attached hydrogens (primary N) is 2. The molecule has 0 saturated carbocycles. The molecule has 6 heteroatoms. The first-order valence-corrected chi connectivity index (χ1v) is 5.96. The Hall–Kier alpha value is -2.24. The molecule has 0 aliphatic carbocycles. The minimum absolute atomic E-state index is 0.110. The van der Waals surface area contributed by atoms with Crippen LogP contribution >= 0.6 is 0 Å². The zero-order valence-electron chi connectivity index (χ0n) is 11.1. The van der Waals surface area contributed by atoms with Crippen LogP contribution in [0.5, 0.6) is 5.75 Å². The van der Waals surface area contributed by atoms with Crippen molar-refractivity contribution in [1.82, 2.24) is 4.90 Å². The number of primary amides is 1. The Bertz CT molecular complexity index is 443. The van der Waals surface area contributed by atoms with E-state index in [4.69, 9.17) is 16.2 Å². The highest BCUT2D eigenvalue weighted by Crippen LogP contribution is 2.13. The SMILES string of the molecule is CC(C)N(CC(N)=O)C(=O)COc1ccc(N)cc1. The molecule has 0 unspecified atom stereocenters. The van der Waals surface area contributed by atoms with Gasteiger partial charge in [0.25, 0.3) is 5.91 Å². The van der Waals surface area contributed by atoms with Crippen molar-refractivity contribution in [2.75, 3.05) is 18.9 Å². The molecule has 1 aromatic rings. The topological polar surface area (TPSA) is 98.6 Å². The fraction of sp³-hybridized carbons (Fsp3) is 0.385. The predicted molar refractivity (Wildman–Crippen MR) is 72.4 cm³/mol. The molecule has 0 atom stereocenters. The van der Waals surface area contributed by atoms with Gasteiger partial charge in [-0.25, -0.2) is 0 Å². The second kappa shape index (κ2) is 6.63. The summed E-state index contributed by atoms with van der Waals surface area (Å²) in [5.74, 6) is -0.287. The van der Waals surface area contributed by atoms with Crippen molar-refractivity contribution < 1.29 is 14.3 Å². The van der Waals surface area contributed by atoms with Gasteiger partial charge >= 0.3 is 0 Å². The number of nitrogen functional groups attached to an aromatic ring is 1. The van der Waals surface area contributed by atoms with E-state index < -0.39 is 5.91 Å². The monoisotopic (exact) mass is 265 g/mol. The van der Waals surface area contributed by atoms with Crippen LogP contribution in [0.25, 0.3) is 0 Å². The van der Waals surface area contributed by atoms with Crippen molar-refractivity contribution in [2.45, 2.75) is 19.9 Å². The number of hydrogen-bond acceptors (Lipinski definition) is 4. The Kier molecular flexibility index (Phi) is 5.17. The Morgan fingerprint density at radius 1 is 1.26 bits per heavy atom. The maximum Gasteiger partial charge on any atom is 0.261 e. The number of rotatable bonds is 6. The summed E-state index contributed by atoms with van der Waals surface area (Å²) in [5, 5.41) is 0. The molecule has 0 saturated heterocycles. The lowest BCUT2D eigenvalue weighted by atomic mass is 10.3. The summed E-state index contributed by atoms with van der Waals surface area (Å²) in [6.45, 7) is 3.37. The zero-order valence-corrected chi connectivity index (χ0v) is 11.1. The van der Waals surface area contributed by atoms with E-state index in [-0.39, 0.29) is 25.1 Å². The van der Waals surface area contributed by atoms with E-state index in [1.807, 2.05) is 13.8 Å². The average molecular weight is 265 g/mol. The molecule has 0 radical (unpaired) electrons. The molecule has 0 bridgehead atoms. The van der Waals surface area contributed by atoms with Crippen LogP contribution in [0, 0.1) is 0 Å². The minimum Gasteiger partial charge on any atom is -0.484 e. The molecule has 0 aliphatic rings. The lowest BCUT2D eigenvalue weighted by Crippen LogP contribution is -2.44. The molecule has 2 amide bonds. The lowest BCUT2D eigenvalue weighted by molar-refractivity contribution is -0.138. The molecule has 0 aliphatic heterocycles. The first-order valence-electron chi connectivity index (χ1n) is 5.96. The number of benzene rings is 1. The van der Waals surface area contributed by atoms with Crippen LogP contribution in [0.15, 0.2) is 24.3 Å². The van der Waals surface area contributed by atoms with Gasteiger partial charge in [-0.05, 0) is 38.1 Å². The van der Waals surface area contributed by atoms with Gasteiger partial charge in [-0.2, -0.15) is 0 Å². The summed E-state index contributed by atoms with van der Waals surface area (Å²) in [4.78, 5) is 24.2. The summed E-state index contributed by atoms with van der Waals surface area (Å²) in [7, 11) is 0. The second-order valence-electron chi connectivity index (χ2n) is 4.44. The fourth-order valence-corrected chi connectivity index (χ4v) is 1.52. The number of anilines is 1. The average Bonchev–Trinajstić information content (AvgIpc) is 2.34. The van der Waals surface area contributed by atoms with E-state index >= 15 is 0 Å². The van der Waals surface area contributed by atoms with Crippen molar-refractivity contribution in [3.05, 3.63) is 24.3 Å². The standard InChI is InChI=1S/C13H19N3O3/c1-9(2)16(7-12(15)17)13(18)8-19-11-5-3-10(14)4-6-11/h3-6,9H,7-8,14H2,1-2H3,(H2,15,17). The van der Waals surface area contributed by atoms with Gasteiger partial charge < -0.3 is 21.1 Å². The van der Waals surface area contributed by atoms with Gasteiger partial charge in [-0.1, -0.05) is 0 Å². The van der Waals surface area contributed by atoms with Gasteiger partial charge in [0.05, 0.1) is 6.54 Å². The molecule has 104 valence electrons. The van der Waals surface area contributed by atoms with Crippen molar-refractivity contribution >= 4 is 17.5 Å². The molecule has 4 N–H and O–H groups in total. The summed E-state index contributed by atoms with van der Waals surface area (Å²) in [6.07, 6.45) is 0. The Labute approximate surface area is 112 Å². The second-order valence-corrected chi connectivity index (χ2v) is 4.44. The van der Waals surface area contributed by atoms with Crippen molar-refractivity contribution in [2.24, 2.45) is 5.73 Å². The van der Waals surface area contributed by atoms with Gasteiger partial charge in [0.1, 0.15) is 5.75 Å². The molecule has 0 heterocycles. The molecule has 0 fully saturated rings. The Balaban J connectivity index is 2.57. The summed E-state index contributed by atoms with van der Waals surface area (Å²) in [6, 6.07) is 6.61. The van der Waals surface area contributed by atoms with Crippen LogP contribution in [0.2, 0.25) is 0 Å². The smallest absolute Gasteiger partial charge is 0.261 e. The van der Waals surface area contributed by atoms with Gasteiger partial charge in [-0.15, -0.1) is 0 Å². The highest BCUT2D eigenvalue weighted by atomic mass is 16.5. The third-order valence-electron chi connectivity index (χ3n) is 2.51. The van der Waals surface area contributed by atoms with Crippen LogP contribution < -0.4 is 16.2 Å². The fourth-order valence-electron chi connectivity index (χ4n) is 1.52. The Morgan fingerprint density at radius 3 is 2.32 bits per heavy atom. The summed E-state index contributed by atoms with van der Waals surface area (Å²) < 4.78 is 5.34. The number of ether oxygens (including phenoxy) is 1. The van der Waals surface area contributed by atoms with Crippen LogP contribution in [-0.4, -0.2) is 35.9 Å². The molecule has 0 aromatic heterocycles. The van der Waals surface area contributed by atoms with E-state index in [2.05, 4.69) is 0 Å². The van der Waals surface area contributed by atoms with E-state index in [1.165, 1.54) is 4.90 Å². The third-order valence-corrected chi connectivity index (χ3v) is 2.51. The molecule has 6 nitrogen and oxygen atoms in total. The van der Waals surface area contributed by atoms with Crippen LogP contribution in [0.3, 0.4) is 0 Å². The molecule has 1 aromatic carbocycles. The molecule has 0 spiro atoms. The molecule has 1 rings (SSSR count). The zero-order chi connectivity index (χ0) is 14.4. The lowest BCUT2D eigenvalue weighted by Gasteiger charge is -2.25. The van der Waals surface area contributed by atoms with E-state index in [0.717, 1.165) is 0 Å². The first-order chi connectivity index (χ1) is 8.90. The van der Waals surface area contributed by atoms with Crippen molar-refractivity contribution in [1.29, 1.82) is 0 Å². The maximum absolute atomic E-state index is 11.9. The van der Waals surface area contributed by atoms with E-state index in [9.17, 15) is 9.59 Å². The quantitative estimate of drug-likeness (QED) is 0.726. The molecular formula is C13H19N3O3. The first kappa shape index (κ1) is 14.8. The largest absolute Gasteiger partial charge is 0.484 e. The minimum atomic E-state index is -0.547. The molecule has 19 heavy (non-hydrogen) atoms. The van der Waals surface area contributed by atoms with Gasteiger partial charge in [-0.3, -0.25) is 9.59 Å². The molecular weight excluding hydrogens is 246 g/mol. The van der Waals surface area contributed by atoms with Crippen molar-refractivity contribution in [3.8, 4) is 5.75 Å². The van der Waals surface area contributed by atoms with E-state index in [1.54, 1.807) is 24.3 Å². The van der Waals surface area contributed by atoms with Crippen molar-refractivity contribution in [3.63, 3.8) is 0 Å².